The van der Waals surface area contributed by atoms with Gasteiger partial charge in [-0.05, 0) is 51.0 Å². The van der Waals surface area contributed by atoms with Crippen molar-refractivity contribution in [1.82, 2.24) is 10.2 Å². The van der Waals surface area contributed by atoms with E-state index in [9.17, 15) is 9.90 Å². The second kappa shape index (κ2) is 7.26. The second-order valence-electron chi connectivity index (χ2n) is 5.04. The molecule has 1 saturated heterocycles. The third-order valence-electron chi connectivity index (χ3n) is 3.58. The van der Waals surface area contributed by atoms with Gasteiger partial charge in [-0.2, -0.15) is 0 Å². The first-order valence-electron chi connectivity index (χ1n) is 7.01. The summed E-state index contributed by atoms with van der Waals surface area (Å²) < 4.78 is 0. The summed E-state index contributed by atoms with van der Waals surface area (Å²) in [4.78, 5) is 13.7. The number of nitrogens with one attached hydrogen (secondary N) is 1. The summed E-state index contributed by atoms with van der Waals surface area (Å²) in [6, 6.07) is 8.75. The van der Waals surface area contributed by atoms with Crippen LogP contribution in [0.3, 0.4) is 0 Å². The molecule has 1 aromatic carbocycles. The van der Waals surface area contributed by atoms with Crippen LogP contribution in [0.25, 0.3) is 0 Å². The molecule has 1 heterocycles. The molecule has 0 radical (unpaired) electrons. The van der Waals surface area contributed by atoms with Crippen LogP contribution < -0.4 is 5.32 Å². The number of hydrogen-bond donors (Lipinski definition) is 2. The average Bonchev–Trinajstić information content (AvgIpc) is 2.92. The summed E-state index contributed by atoms with van der Waals surface area (Å²) in [5, 5.41) is 12.4. The zero-order valence-electron chi connectivity index (χ0n) is 11.2. The molecule has 0 aromatic heterocycles. The van der Waals surface area contributed by atoms with Crippen molar-refractivity contribution in [3.05, 3.63) is 35.9 Å². The Bertz CT molecular complexity index is 388. The lowest BCUT2D eigenvalue weighted by atomic mass is 10.1. The first-order chi connectivity index (χ1) is 9.27. The van der Waals surface area contributed by atoms with E-state index in [0.29, 0.717) is 0 Å². The predicted molar refractivity (Wildman–Crippen MR) is 75.1 cm³/mol. The standard InChI is InChI=1S/C15H22N2O2/c18-15(19)14(13-7-2-1-3-8-13)16-9-6-12-17-10-4-5-11-17/h1-3,7-8,14,16H,4-6,9-12H2,(H,18,19). The molecule has 1 atom stereocenters. The van der Waals surface area contributed by atoms with Crippen molar-refractivity contribution < 1.29 is 9.90 Å². The molecule has 0 saturated carbocycles. The third kappa shape index (κ3) is 4.33. The van der Waals surface area contributed by atoms with E-state index in [4.69, 9.17) is 0 Å². The molecule has 1 unspecified atom stereocenters. The first-order valence-corrected chi connectivity index (χ1v) is 7.01. The Kier molecular flexibility index (Phi) is 5.36. The van der Waals surface area contributed by atoms with Crippen molar-refractivity contribution >= 4 is 5.97 Å². The van der Waals surface area contributed by atoms with E-state index in [0.717, 1.165) is 25.1 Å². The van der Waals surface area contributed by atoms with Crippen LogP contribution in [0.2, 0.25) is 0 Å². The molecule has 1 aliphatic heterocycles. The number of likely N-dealkylation sites (tertiary alicyclic amines) is 1. The second-order valence-corrected chi connectivity index (χ2v) is 5.04. The van der Waals surface area contributed by atoms with E-state index in [2.05, 4.69) is 10.2 Å². The first kappa shape index (κ1) is 14.0. The summed E-state index contributed by atoms with van der Waals surface area (Å²) in [5.74, 6) is -0.813. The van der Waals surface area contributed by atoms with E-state index < -0.39 is 12.0 Å². The third-order valence-corrected chi connectivity index (χ3v) is 3.58. The van der Waals surface area contributed by atoms with E-state index in [-0.39, 0.29) is 0 Å². The number of rotatable bonds is 7. The van der Waals surface area contributed by atoms with E-state index in [1.165, 1.54) is 25.9 Å². The van der Waals surface area contributed by atoms with Gasteiger partial charge in [0.2, 0.25) is 0 Å². The molecule has 1 aromatic rings. The van der Waals surface area contributed by atoms with Crippen LogP contribution in [-0.2, 0) is 4.79 Å². The van der Waals surface area contributed by atoms with Crippen LogP contribution in [0.5, 0.6) is 0 Å². The number of aliphatic carboxylic acids is 1. The Balaban J connectivity index is 1.76. The van der Waals surface area contributed by atoms with E-state index in [1.807, 2.05) is 30.3 Å². The molecule has 4 nitrogen and oxygen atoms in total. The van der Waals surface area contributed by atoms with Gasteiger partial charge in [-0.1, -0.05) is 30.3 Å². The number of carbonyl (C=O) groups is 1. The SMILES string of the molecule is O=C(O)C(NCCCN1CCCC1)c1ccccc1. The van der Waals surface area contributed by atoms with Crippen LogP contribution in [0.4, 0.5) is 0 Å². The highest BCUT2D eigenvalue weighted by Gasteiger charge is 2.18. The van der Waals surface area contributed by atoms with Gasteiger partial charge in [-0.15, -0.1) is 0 Å². The van der Waals surface area contributed by atoms with Gasteiger partial charge in [0.15, 0.2) is 0 Å². The van der Waals surface area contributed by atoms with Crippen LogP contribution in [0.15, 0.2) is 30.3 Å². The molecule has 0 amide bonds. The molecule has 1 aliphatic rings. The van der Waals surface area contributed by atoms with Crippen LogP contribution in [0.1, 0.15) is 30.9 Å². The topological polar surface area (TPSA) is 52.6 Å². The molecule has 19 heavy (non-hydrogen) atoms. The van der Waals surface area contributed by atoms with Crippen molar-refractivity contribution in [3.8, 4) is 0 Å². The monoisotopic (exact) mass is 262 g/mol. The van der Waals surface area contributed by atoms with Crippen molar-refractivity contribution in [2.24, 2.45) is 0 Å². The Labute approximate surface area is 114 Å². The minimum absolute atomic E-state index is 0.597. The normalized spacial score (nSPS) is 17.5. The number of nitrogens with zero attached hydrogens (tertiary/aromatic N) is 1. The van der Waals surface area contributed by atoms with Crippen molar-refractivity contribution in [2.75, 3.05) is 26.2 Å². The van der Waals surface area contributed by atoms with Gasteiger partial charge in [-0.3, -0.25) is 4.79 Å². The number of carboxylic acid groups (broad SMARTS) is 1. The maximum atomic E-state index is 11.3. The largest absolute Gasteiger partial charge is 0.480 e. The van der Waals surface area contributed by atoms with Gasteiger partial charge in [0.05, 0.1) is 0 Å². The van der Waals surface area contributed by atoms with Crippen molar-refractivity contribution in [2.45, 2.75) is 25.3 Å². The Morgan fingerprint density at radius 2 is 1.95 bits per heavy atom. The molecule has 4 heteroatoms. The van der Waals surface area contributed by atoms with Crippen molar-refractivity contribution in [3.63, 3.8) is 0 Å². The number of hydrogen-bond acceptors (Lipinski definition) is 3. The summed E-state index contributed by atoms with van der Waals surface area (Å²) in [6.07, 6.45) is 3.60. The highest BCUT2D eigenvalue weighted by atomic mass is 16.4. The van der Waals surface area contributed by atoms with Crippen molar-refractivity contribution in [1.29, 1.82) is 0 Å². The molecule has 2 N–H and O–H groups in total. The molecule has 1 fully saturated rings. The molecule has 2 rings (SSSR count). The molecular formula is C15H22N2O2. The smallest absolute Gasteiger partial charge is 0.325 e. The van der Waals surface area contributed by atoms with Gasteiger partial charge >= 0.3 is 5.97 Å². The molecule has 0 bridgehead atoms. The summed E-state index contributed by atoms with van der Waals surface area (Å²) in [5.41, 5.74) is 0.816. The Morgan fingerprint density at radius 1 is 1.26 bits per heavy atom. The van der Waals surface area contributed by atoms with E-state index in [1.54, 1.807) is 0 Å². The Morgan fingerprint density at radius 3 is 2.58 bits per heavy atom. The van der Waals surface area contributed by atoms with Crippen LogP contribution >= 0.6 is 0 Å². The highest BCUT2D eigenvalue weighted by molar-refractivity contribution is 5.75. The Hall–Kier alpha value is -1.39. The quantitative estimate of drug-likeness (QED) is 0.737. The van der Waals surface area contributed by atoms with E-state index >= 15 is 0 Å². The molecule has 104 valence electrons. The summed E-state index contributed by atoms with van der Waals surface area (Å²) in [7, 11) is 0. The van der Waals surface area contributed by atoms with Crippen LogP contribution in [-0.4, -0.2) is 42.2 Å². The zero-order valence-corrected chi connectivity index (χ0v) is 11.2. The van der Waals surface area contributed by atoms with Crippen LogP contribution in [0, 0.1) is 0 Å². The van der Waals surface area contributed by atoms with Gasteiger partial charge in [0, 0.05) is 0 Å². The lowest BCUT2D eigenvalue weighted by molar-refractivity contribution is -0.139. The maximum Gasteiger partial charge on any atom is 0.325 e. The summed E-state index contributed by atoms with van der Waals surface area (Å²) >= 11 is 0. The predicted octanol–water partition coefficient (Wildman–Crippen LogP) is 1.89. The van der Waals surface area contributed by atoms with Gasteiger partial charge in [0.25, 0.3) is 0 Å². The summed E-state index contributed by atoms with van der Waals surface area (Å²) in [6.45, 7) is 4.19. The maximum absolute atomic E-state index is 11.3. The lowest BCUT2D eigenvalue weighted by Crippen LogP contribution is -2.31. The fourth-order valence-corrected chi connectivity index (χ4v) is 2.55. The zero-order chi connectivity index (χ0) is 13.5. The van der Waals surface area contributed by atoms with Gasteiger partial charge in [0.1, 0.15) is 6.04 Å². The fraction of sp³-hybridized carbons (Fsp3) is 0.533. The minimum Gasteiger partial charge on any atom is -0.480 e. The number of benzene rings is 1. The average molecular weight is 262 g/mol. The minimum atomic E-state index is -0.813. The van der Waals surface area contributed by atoms with Gasteiger partial charge in [-0.25, -0.2) is 0 Å². The lowest BCUT2D eigenvalue weighted by Gasteiger charge is -2.17. The molecule has 0 spiro atoms. The van der Waals surface area contributed by atoms with Gasteiger partial charge < -0.3 is 15.3 Å². The highest BCUT2D eigenvalue weighted by Crippen LogP contribution is 2.13. The fourth-order valence-electron chi connectivity index (χ4n) is 2.55. The molecular weight excluding hydrogens is 240 g/mol. The number of carboxylic acids is 1. The molecule has 0 aliphatic carbocycles.